The minimum absolute atomic E-state index is 0.0116. The van der Waals surface area contributed by atoms with Crippen molar-refractivity contribution in [1.82, 2.24) is 5.32 Å². The van der Waals surface area contributed by atoms with Gasteiger partial charge < -0.3 is 25.2 Å². The Morgan fingerprint density at radius 1 is 0.848 bits per heavy atom. The zero-order valence-corrected chi connectivity index (χ0v) is 19.2. The summed E-state index contributed by atoms with van der Waals surface area (Å²) in [5, 5.41) is 14.5. The highest BCUT2D eigenvalue weighted by molar-refractivity contribution is 5.89. The molecule has 0 aromatic heterocycles. The van der Waals surface area contributed by atoms with Gasteiger partial charge in [-0.2, -0.15) is 0 Å². The first-order valence-corrected chi connectivity index (χ1v) is 11.0. The van der Waals surface area contributed by atoms with Crippen LogP contribution in [0.5, 0.6) is 0 Å². The number of halogens is 5. The summed E-state index contributed by atoms with van der Waals surface area (Å²) in [6, 6.07) is -1.14. The van der Waals surface area contributed by atoms with Crippen LogP contribution < -0.4 is 10.6 Å². The number of nitrogens with one attached hydrogen (secondary N) is 2. The number of rotatable bonds is 15. The Hall–Kier alpha value is -1.98. The second-order valence-electron chi connectivity index (χ2n) is 7.76. The molecule has 1 atom stereocenters. The van der Waals surface area contributed by atoms with E-state index in [9.17, 15) is 31.9 Å². The number of carbonyl (C=O) groups excluding carboxylic acids is 1. The molecule has 0 spiro atoms. The average Bonchev–Trinajstić information content (AvgIpc) is 2.82. The maximum absolute atomic E-state index is 13.7. The summed E-state index contributed by atoms with van der Waals surface area (Å²) in [6.07, 6.45) is 7.69. The summed E-state index contributed by atoms with van der Waals surface area (Å²) >= 11 is 0. The van der Waals surface area contributed by atoms with Gasteiger partial charge in [-0.3, -0.25) is 0 Å². The number of ether oxygens (including phenoxy) is 2. The molecule has 0 saturated heterocycles. The molecule has 1 rings (SSSR count). The maximum Gasteiger partial charge on any atom is 0.319 e. The maximum atomic E-state index is 13.7. The van der Waals surface area contributed by atoms with Gasteiger partial charge in [-0.15, -0.1) is 0 Å². The molecule has 0 aliphatic rings. The Bertz CT molecular complexity index is 734. The van der Waals surface area contributed by atoms with Crippen LogP contribution in [0.2, 0.25) is 0 Å². The number of methoxy groups -OCH3 is 2. The molecule has 190 valence electrons. The molecule has 1 aromatic rings. The van der Waals surface area contributed by atoms with Gasteiger partial charge in [0.15, 0.2) is 23.3 Å². The molecule has 6 nitrogen and oxygen atoms in total. The molecule has 33 heavy (non-hydrogen) atoms. The van der Waals surface area contributed by atoms with Gasteiger partial charge in [0.2, 0.25) is 5.82 Å². The van der Waals surface area contributed by atoms with Crippen molar-refractivity contribution in [3.05, 3.63) is 29.1 Å². The number of carbonyl (C=O) groups is 1. The normalized spacial score (nSPS) is 12.6. The van der Waals surface area contributed by atoms with Gasteiger partial charge in [-0.25, -0.2) is 26.7 Å². The van der Waals surface area contributed by atoms with Gasteiger partial charge in [0.1, 0.15) is 5.69 Å². The summed E-state index contributed by atoms with van der Waals surface area (Å²) in [6.45, 7) is 2.14. The molecule has 0 fully saturated rings. The number of hydrogen-bond donors (Lipinski definition) is 3. The van der Waals surface area contributed by atoms with Crippen molar-refractivity contribution in [2.24, 2.45) is 5.92 Å². The summed E-state index contributed by atoms with van der Waals surface area (Å²) in [4.78, 5) is 11.9. The lowest BCUT2D eigenvalue weighted by molar-refractivity contribution is -0.369. The molecule has 3 N–H and O–H groups in total. The van der Waals surface area contributed by atoms with Gasteiger partial charge in [-0.05, 0) is 19.3 Å². The first-order valence-electron chi connectivity index (χ1n) is 11.0. The number of unbranched alkanes of at least 4 members (excludes halogenated alkanes) is 5. The topological polar surface area (TPSA) is 79.8 Å². The predicted octanol–water partition coefficient (Wildman–Crippen LogP) is 5.59. The third kappa shape index (κ3) is 8.38. The van der Waals surface area contributed by atoms with Crippen LogP contribution in [0.1, 0.15) is 64.7 Å². The van der Waals surface area contributed by atoms with E-state index in [-0.39, 0.29) is 6.54 Å². The van der Waals surface area contributed by atoms with E-state index in [0.29, 0.717) is 19.3 Å². The largest absolute Gasteiger partial charge is 0.343 e. The summed E-state index contributed by atoms with van der Waals surface area (Å²) in [7, 11) is 2.63. The number of urea groups is 1. The molecule has 0 radical (unpaired) electrons. The Morgan fingerprint density at radius 2 is 1.33 bits per heavy atom. The molecule has 1 unspecified atom stereocenters. The summed E-state index contributed by atoms with van der Waals surface area (Å²) in [5.74, 6) is -13.1. The van der Waals surface area contributed by atoms with Crippen molar-refractivity contribution in [3.63, 3.8) is 0 Å². The van der Waals surface area contributed by atoms with Crippen LogP contribution in [0.25, 0.3) is 0 Å². The van der Waals surface area contributed by atoms with Crippen molar-refractivity contribution < 1.29 is 41.3 Å². The standard InChI is InChI=1S/C22H33F5N2O4/c1-4-5-6-7-8-9-11-14(22(31,32-2)33-3)12-10-13-28-21(30)29-20-18(26)16(24)15(23)17(25)19(20)27/h14,31H,4-13H2,1-3H3,(H2,28,29,30). The van der Waals surface area contributed by atoms with Gasteiger partial charge in [0.05, 0.1) is 0 Å². The lowest BCUT2D eigenvalue weighted by Crippen LogP contribution is -2.42. The van der Waals surface area contributed by atoms with Crippen LogP contribution in [-0.2, 0) is 9.47 Å². The highest BCUT2D eigenvalue weighted by Crippen LogP contribution is 2.30. The van der Waals surface area contributed by atoms with E-state index in [2.05, 4.69) is 12.2 Å². The van der Waals surface area contributed by atoms with Crippen LogP contribution in [0, 0.1) is 35.0 Å². The minimum Gasteiger partial charge on any atom is -0.343 e. The highest BCUT2D eigenvalue weighted by atomic mass is 19.2. The van der Waals surface area contributed by atoms with Crippen LogP contribution in [-0.4, -0.2) is 37.9 Å². The van der Waals surface area contributed by atoms with E-state index in [1.807, 2.05) is 0 Å². The molecule has 1 aromatic carbocycles. The lowest BCUT2D eigenvalue weighted by Gasteiger charge is -2.33. The second-order valence-corrected chi connectivity index (χ2v) is 7.76. The van der Waals surface area contributed by atoms with E-state index in [1.54, 1.807) is 5.32 Å². The number of amides is 2. The molecule has 11 heteroatoms. The molecule has 2 amide bonds. The predicted molar refractivity (Wildman–Crippen MR) is 113 cm³/mol. The fraction of sp³-hybridized carbons (Fsp3) is 0.682. The van der Waals surface area contributed by atoms with E-state index < -0.39 is 52.7 Å². The Morgan fingerprint density at radius 3 is 1.88 bits per heavy atom. The van der Waals surface area contributed by atoms with E-state index >= 15 is 0 Å². The van der Waals surface area contributed by atoms with Crippen molar-refractivity contribution in [2.45, 2.75) is 70.7 Å². The molecule has 0 saturated carbocycles. The van der Waals surface area contributed by atoms with Crippen molar-refractivity contribution in [2.75, 3.05) is 26.1 Å². The third-order valence-electron chi connectivity index (χ3n) is 5.47. The molecule has 0 aliphatic heterocycles. The number of benzene rings is 1. The van der Waals surface area contributed by atoms with E-state index in [4.69, 9.17) is 9.47 Å². The van der Waals surface area contributed by atoms with Gasteiger partial charge in [0, 0.05) is 26.7 Å². The summed E-state index contributed by atoms with van der Waals surface area (Å²) < 4.78 is 77.1. The lowest BCUT2D eigenvalue weighted by atomic mass is 9.93. The zero-order valence-electron chi connectivity index (χ0n) is 19.2. The van der Waals surface area contributed by atoms with Crippen LogP contribution in [0.15, 0.2) is 0 Å². The summed E-state index contributed by atoms with van der Waals surface area (Å²) in [5.41, 5.74) is -1.43. The Balaban J connectivity index is 2.59. The van der Waals surface area contributed by atoms with Crippen molar-refractivity contribution in [1.29, 1.82) is 0 Å². The molecular formula is C22H33F5N2O4. The zero-order chi connectivity index (χ0) is 25.0. The SMILES string of the molecule is CCCCCCCCC(CCCNC(=O)Nc1c(F)c(F)c(F)c(F)c1F)C(O)(OC)OC. The van der Waals surface area contributed by atoms with Crippen LogP contribution in [0.3, 0.4) is 0 Å². The first-order chi connectivity index (χ1) is 15.6. The smallest absolute Gasteiger partial charge is 0.319 e. The first kappa shape index (κ1) is 29.1. The van der Waals surface area contributed by atoms with Crippen LogP contribution >= 0.6 is 0 Å². The minimum atomic E-state index is -2.31. The Kier molecular flexibility index (Phi) is 12.6. The fourth-order valence-electron chi connectivity index (χ4n) is 3.52. The van der Waals surface area contributed by atoms with E-state index in [1.165, 1.54) is 20.6 Å². The van der Waals surface area contributed by atoms with Crippen molar-refractivity contribution >= 4 is 11.7 Å². The number of hydrogen-bond acceptors (Lipinski definition) is 4. The van der Waals surface area contributed by atoms with E-state index in [0.717, 1.165) is 32.1 Å². The number of aliphatic hydroxyl groups is 1. The highest BCUT2D eigenvalue weighted by Gasteiger charge is 2.36. The van der Waals surface area contributed by atoms with Gasteiger partial charge in [-0.1, -0.05) is 45.4 Å². The second kappa shape index (κ2) is 14.3. The fourth-order valence-corrected chi connectivity index (χ4v) is 3.52. The quantitative estimate of drug-likeness (QED) is 0.0997. The van der Waals surface area contributed by atoms with Crippen LogP contribution in [0.4, 0.5) is 32.4 Å². The molecule has 0 bridgehead atoms. The molecule has 0 heterocycles. The third-order valence-corrected chi connectivity index (χ3v) is 5.47. The Labute approximate surface area is 190 Å². The average molecular weight is 485 g/mol. The van der Waals surface area contributed by atoms with Crippen molar-refractivity contribution in [3.8, 4) is 0 Å². The number of anilines is 1. The molecular weight excluding hydrogens is 451 g/mol. The monoisotopic (exact) mass is 484 g/mol. The van der Waals surface area contributed by atoms with Gasteiger partial charge >= 0.3 is 6.03 Å². The molecule has 0 aliphatic carbocycles. The van der Waals surface area contributed by atoms with Gasteiger partial charge in [0.25, 0.3) is 5.97 Å².